The molecule has 0 aliphatic rings. The summed E-state index contributed by atoms with van der Waals surface area (Å²) in [6.07, 6.45) is 1.86. The van der Waals surface area contributed by atoms with Crippen molar-refractivity contribution in [2.75, 3.05) is 13.7 Å². The summed E-state index contributed by atoms with van der Waals surface area (Å²) in [4.78, 5) is 26.7. The molecule has 2 aromatic rings. The van der Waals surface area contributed by atoms with Crippen LogP contribution in [0.15, 0.2) is 11.2 Å². The summed E-state index contributed by atoms with van der Waals surface area (Å²) in [6, 6.07) is -0.0869. The normalized spacial score (nSPS) is 12.8. The van der Waals surface area contributed by atoms with E-state index in [0.29, 0.717) is 29.7 Å². The summed E-state index contributed by atoms with van der Waals surface area (Å²) in [5.74, 6) is 0.337. The highest BCUT2D eigenvalue weighted by atomic mass is 32.1. The first-order chi connectivity index (χ1) is 11.9. The molecule has 9 heteroatoms. The second kappa shape index (κ2) is 8.91. The predicted molar refractivity (Wildman–Crippen MR) is 101 cm³/mol. The van der Waals surface area contributed by atoms with Crippen molar-refractivity contribution in [1.29, 1.82) is 0 Å². The summed E-state index contributed by atoms with van der Waals surface area (Å²) in [7, 11) is 1.71. The fourth-order valence-electron chi connectivity index (χ4n) is 2.09. The molecule has 2 heterocycles. The number of nitrogens with one attached hydrogen (secondary N) is 2. The minimum Gasteiger partial charge on any atom is -0.462 e. The summed E-state index contributed by atoms with van der Waals surface area (Å²) in [6.45, 7) is 8.58. The molecule has 0 spiro atoms. The number of hydrogen-bond acceptors (Lipinski definition) is 7. The van der Waals surface area contributed by atoms with Gasteiger partial charge in [0.25, 0.3) is 0 Å². The van der Waals surface area contributed by atoms with Gasteiger partial charge in [0.1, 0.15) is 14.9 Å². The molecule has 136 valence electrons. The van der Waals surface area contributed by atoms with Gasteiger partial charge in [-0.2, -0.15) is 0 Å². The molecule has 1 atom stereocenters. The van der Waals surface area contributed by atoms with E-state index in [0.717, 1.165) is 10.0 Å². The molecule has 0 amide bonds. The lowest BCUT2D eigenvalue weighted by Gasteiger charge is -2.15. The van der Waals surface area contributed by atoms with Gasteiger partial charge in [0.2, 0.25) is 0 Å². The fourth-order valence-corrected chi connectivity index (χ4v) is 3.78. The molecule has 1 unspecified atom stereocenters. The Bertz CT molecular complexity index is 754. The van der Waals surface area contributed by atoms with Gasteiger partial charge in [0.05, 0.1) is 24.9 Å². The Hall–Kier alpha value is -2.00. The fraction of sp³-hybridized carbons (Fsp3) is 0.500. The summed E-state index contributed by atoms with van der Waals surface area (Å²) < 4.78 is 5.06. The van der Waals surface area contributed by atoms with Crippen LogP contribution in [0.4, 0.5) is 0 Å². The van der Waals surface area contributed by atoms with Gasteiger partial charge < -0.3 is 15.4 Å². The molecule has 0 saturated heterocycles. The lowest BCUT2D eigenvalue weighted by molar-refractivity contribution is 0.0531. The van der Waals surface area contributed by atoms with Crippen LogP contribution >= 0.6 is 22.7 Å². The second-order valence-corrected chi connectivity index (χ2v) is 7.69. The standard InChI is InChI=1S/C16H23N5O2S2/c1-6-23-15(22)13-10(3)20-14(25-13)11(4)21-16(17-5)19-8-12-18-7-9(2)24-12/h7,11H,6,8H2,1-5H3,(H2,17,19,21). The van der Waals surface area contributed by atoms with Crippen LogP contribution in [0.5, 0.6) is 0 Å². The Balaban J connectivity index is 1.98. The van der Waals surface area contributed by atoms with E-state index in [2.05, 4.69) is 25.6 Å². The van der Waals surface area contributed by atoms with Crippen molar-refractivity contribution >= 4 is 34.6 Å². The Morgan fingerprint density at radius 1 is 1.40 bits per heavy atom. The minimum absolute atomic E-state index is 0.0869. The van der Waals surface area contributed by atoms with Gasteiger partial charge in [0, 0.05) is 18.1 Å². The summed E-state index contributed by atoms with van der Waals surface area (Å²) >= 11 is 3.00. The third-order valence-corrected chi connectivity index (χ3v) is 5.53. The Kier molecular flexibility index (Phi) is 6.89. The lowest BCUT2D eigenvalue weighted by atomic mass is 10.3. The largest absolute Gasteiger partial charge is 0.462 e. The van der Waals surface area contributed by atoms with Gasteiger partial charge in [0.15, 0.2) is 5.96 Å². The molecule has 0 saturated carbocycles. The number of guanidine groups is 1. The molecule has 0 aliphatic carbocycles. The molecule has 0 aliphatic heterocycles. The number of aryl methyl sites for hydroxylation is 2. The van der Waals surface area contributed by atoms with Crippen molar-refractivity contribution in [2.45, 2.75) is 40.3 Å². The van der Waals surface area contributed by atoms with Crippen LogP contribution in [0, 0.1) is 13.8 Å². The second-order valence-electron chi connectivity index (χ2n) is 5.34. The van der Waals surface area contributed by atoms with Gasteiger partial charge in [-0.3, -0.25) is 4.99 Å². The zero-order chi connectivity index (χ0) is 18.4. The van der Waals surface area contributed by atoms with Gasteiger partial charge in [-0.15, -0.1) is 22.7 Å². The Morgan fingerprint density at radius 3 is 2.76 bits per heavy atom. The number of hydrogen-bond donors (Lipinski definition) is 2. The zero-order valence-corrected chi connectivity index (χ0v) is 16.7. The smallest absolute Gasteiger partial charge is 0.350 e. The zero-order valence-electron chi connectivity index (χ0n) is 15.0. The van der Waals surface area contributed by atoms with E-state index in [4.69, 9.17) is 4.74 Å². The van der Waals surface area contributed by atoms with Crippen molar-refractivity contribution in [3.05, 3.63) is 31.7 Å². The summed E-state index contributed by atoms with van der Waals surface area (Å²) in [5, 5.41) is 8.34. The number of aromatic nitrogens is 2. The highest BCUT2D eigenvalue weighted by Gasteiger charge is 2.20. The molecule has 0 fully saturated rings. The molecule has 2 aromatic heterocycles. The van der Waals surface area contributed by atoms with Crippen LogP contribution in [-0.2, 0) is 11.3 Å². The maximum absolute atomic E-state index is 11.9. The first kappa shape index (κ1) is 19.3. The van der Waals surface area contributed by atoms with Crippen LogP contribution in [0.25, 0.3) is 0 Å². The molecule has 7 nitrogen and oxygen atoms in total. The van der Waals surface area contributed by atoms with Crippen molar-refractivity contribution in [3.8, 4) is 0 Å². The van der Waals surface area contributed by atoms with E-state index in [9.17, 15) is 4.79 Å². The van der Waals surface area contributed by atoms with Gasteiger partial charge >= 0.3 is 5.97 Å². The van der Waals surface area contributed by atoms with Crippen LogP contribution in [0.1, 0.15) is 50.1 Å². The molecule has 0 bridgehead atoms. The lowest BCUT2D eigenvalue weighted by Crippen LogP contribution is -2.38. The topological polar surface area (TPSA) is 88.5 Å². The quantitative estimate of drug-likeness (QED) is 0.454. The first-order valence-corrected chi connectivity index (χ1v) is 9.60. The van der Waals surface area contributed by atoms with Crippen LogP contribution in [0.2, 0.25) is 0 Å². The first-order valence-electron chi connectivity index (χ1n) is 7.97. The molecule has 2 N–H and O–H groups in total. The minimum atomic E-state index is -0.322. The number of carbonyl (C=O) groups is 1. The highest BCUT2D eigenvalue weighted by Crippen LogP contribution is 2.24. The SMILES string of the molecule is CCOC(=O)c1sc(C(C)NC(=NC)NCc2ncc(C)s2)nc1C. The average Bonchev–Trinajstić information content (AvgIpc) is 3.17. The third-order valence-electron chi connectivity index (χ3n) is 3.30. The van der Waals surface area contributed by atoms with Gasteiger partial charge in [-0.1, -0.05) is 0 Å². The number of rotatable bonds is 6. The maximum atomic E-state index is 11.9. The Labute approximate surface area is 155 Å². The van der Waals surface area contributed by atoms with Crippen molar-refractivity contribution in [3.63, 3.8) is 0 Å². The van der Waals surface area contributed by atoms with E-state index in [-0.39, 0.29) is 12.0 Å². The van der Waals surface area contributed by atoms with E-state index < -0.39 is 0 Å². The van der Waals surface area contributed by atoms with Crippen molar-refractivity contribution < 1.29 is 9.53 Å². The van der Waals surface area contributed by atoms with Crippen LogP contribution in [-0.4, -0.2) is 35.6 Å². The van der Waals surface area contributed by atoms with Crippen LogP contribution < -0.4 is 10.6 Å². The molecular formula is C16H23N5O2S2. The highest BCUT2D eigenvalue weighted by molar-refractivity contribution is 7.13. The molecular weight excluding hydrogens is 358 g/mol. The van der Waals surface area contributed by atoms with Crippen LogP contribution in [0.3, 0.4) is 0 Å². The predicted octanol–water partition coefficient (Wildman–Crippen LogP) is 2.82. The molecule has 2 rings (SSSR count). The molecule has 0 radical (unpaired) electrons. The Morgan fingerprint density at radius 2 is 2.16 bits per heavy atom. The monoisotopic (exact) mass is 381 g/mol. The van der Waals surface area contributed by atoms with Crippen molar-refractivity contribution in [2.24, 2.45) is 4.99 Å². The average molecular weight is 382 g/mol. The van der Waals surface area contributed by atoms with E-state index in [1.165, 1.54) is 16.2 Å². The van der Waals surface area contributed by atoms with Crippen molar-refractivity contribution in [1.82, 2.24) is 20.6 Å². The van der Waals surface area contributed by atoms with Gasteiger partial charge in [-0.25, -0.2) is 14.8 Å². The number of carbonyl (C=O) groups excluding carboxylic acids is 1. The number of ether oxygens (including phenoxy) is 1. The third kappa shape index (κ3) is 5.23. The number of nitrogens with zero attached hydrogens (tertiary/aromatic N) is 3. The summed E-state index contributed by atoms with van der Waals surface area (Å²) in [5.41, 5.74) is 0.688. The van der Waals surface area contributed by atoms with E-state index in [1.807, 2.05) is 27.0 Å². The van der Waals surface area contributed by atoms with E-state index >= 15 is 0 Å². The number of aliphatic imine (C=N–C) groups is 1. The van der Waals surface area contributed by atoms with Gasteiger partial charge in [-0.05, 0) is 27.7 Å². The molecule has 0 aromatic carbocycles. The van der Waals surface area contributed by atoms with E-state index in [1.54, 1.807) is 25.3 Å². The number of thiazole rings is 2. The maximum Gasteiger partial charge on any atom is 0.350 e. The number of esters is 1. The molecule has 25 heavy (non-hydrogen) atoms.